The van der Waals surface area contributed by atoms with E-state index in [1.807, 2.05) is 41.9 Å². The van der Waals surface area contributed by atoms with Crippen LogP contribution in [0.25, 0.3) is 11.3 Å². The van der Waals surface area contributed by atoms with Crippen molar-refractivity contribution in [2.24, 2.45) is 0 Å². The van der Waals surface area contributed by atoms with Crippen LogP contribution in [0, 0.1) is 6.92 Å². The zero-order valence-electron chi connectivity index (χ0n) is 15.9. The van der Waals surface area contributed by atoms with E-state index in [4.69, 9.17) is 4.52 Å². The first kappa shape index (κ1) is 19.4. The summed E-state index contributed by atoms with van der Waals surface area (Å²) in [6.45, 7) is 3.35. The highest BCUT2D eigenvalue weighted by Crippen LogP contribution is 2.25. The van der Waals surface area contributed by atoms with Crippen molar-refractivity contribution in [2.45, 2.75) is 32.7 Å². The van der Waals surface area contributed by atoms with Crippen LogP contribution in [0.3, 0.4) is 0 Å². The molecule has 2 amide bonds. The second kappa shape index (κ2) is 8.20. The molecular weight excluding hydrogens is 438 g/mol. The van der Waals surface area contributed by atoms with Crippen LogP contribution in [-0.4, -0.2) is 33.3 Å². The molecule has 9 heteroatoms. The quantitative estimate of drug-likeness (QED) is 0.629. The van der Waals surface area contributed by atoms with Crippen molar-refractivity contribution in [2.75, 3.05) is 16.8 Å². The monoisotopic (exact) mass is 457 g/mol. The highest BCUT2D eigenvalue weighted by molar-refractivity contribution is 9.10. The first-order valence-electron chi connectivity index (χ1n) is 9.37. The third-order valence-electron chi connectivity index (χ3n) is 4.67. The van der Waals surface area contributed by atoms with Gasteiger partial charge in [-0.1, -0.05) is 33.2 Å². The van der Waals surface area contributed by atoms with E-state index in [0.717, 1.165) is 34.5 Å². The van der Waals surface area contributed by atoms with Gasteiger partial charge < -0.3 is 4.52 Å². The zero-order valence-corrected chi connectivity index (χ0v) is 17.5. The minimum Gasteiger partial charge on any atom is -0.338 e. The molecule has 3 aromatic rings. The average Bonchev–Trinajstić information content (AvgIpc) is 3.31. The Labute approximate surface area is 176 Å². The van der Waals surface area contributed by atoms with E-state index in [-0.39, 0.29) is 30.5 Å². The van der Waals surface area contributed by atoms with Crippen molar-refractivity contribution in [1.29, 1.82) is 0 Å². The van der Waals surface area contributed by atoms with Gasteiger partial charge in [-0.15, -0.1) is 0 Å². The van der Waals surface area contributed by atoms with Gasteiger partial charge in [-0.2, -0.15) is 5.10 Å². The van der Waals surface area contributed by atoms with Crippen molar-refractivity contribution >= 4 is 39.4 Å². The Balaban J connectivity index is 1.33. The van der Waals surface area contributed by atoms with E-state index < -0.39 is 0 Å². The number of rotatable bonds is 5. The molecule has 0 saturated heterocycles. The molecule has 1 aromatic carbocycles. The molecule has 0 saturated carbocycles. The van der Waals surface area contributed by atoms with Crippen LogP contribution < -0.4 is 10.2 Å². The van der Waals surface area contributed by atoms with Gasteiger partial charge in [-0.25, -0.2) is 4.68 Å². The highest BCUT2D eigenvalue weighted by atomic mass is 79.9. The Bertz CT molecular complexity index is 1060. The molecule has 150 valence electrons. The smallest absolute Gasteiger partial charge is 0.231 e. The molecule has 0 atom stereocenters. The molecule has 0 spiro atoms. The van der Waals surface area contributed by atoms with Crippen molar-refractivity contribution in [3.05, 3.63) is 46.6 Å². The second-order valence-electron chi connectivity index (χ2n) is 6.90. The number of anilines is 2. The van der Waals surface area contributed by atoms with Gasteiger partial charge in [0.05, 0.1) is 5.69 Å². The molecule has 0 radical (unpaired) electrons. The largest absolute Gasteiger partial charge is 0.338 e. The Morgan fingerprint density at radius 1 is 1.21 bits per heavy atom. The van der Waals surface area contributed by atoms with Crippen molar-refractivity contribution in [3.63, 3.8) is 0 Å². The minimum atomic E-state index is -0.294. The summed E-state index contributed by atoms with van der Waals surface area (Å²) < 4.78 is 7.97. The molecule has 1 aliphatic rings. The van der Waals surface area contributed by atoms with Gasteiger partial charge in [0.15, 0.2) is 0 Å². The zero-order chi connectivity index (χ0) is 20.4. The van der Waals surface area contributed by atoms with Gasteiger partial charge in [0.2, 0.25) is 17.7 Å². The average molecular weight is 458 g/mol. The fourth-order valence-electron chi connectivity index (χ4n) is 3.33. The molecule has 2 aromatic heterocycles. The number of aryl methyl sites for hydroxylation is 2. The Morgan fingerprint density at radius 2 is 2.07 bits per heavy atom. The van der Waals surface area contributed by atoms with Crippen molar-refractivity contribution in [3.8, 4) is 11.3 Å². The Morgan fingerprint density at radius 3 is 2.90 bits per heavy atom. The number of nitrogens with one attached hydrogen (secondary N) is 1. The molecule has 3 heterocycles. The van der Waals surface area contributed by atoms with Crippen LogP contribution in [0.4, 0.5) is 11.7 Å². The number of hydrogen-bond donors (Lipinski definition) is 1. The summed E-state index contributed by atoms with van der Waals surface area (Å²) in [7, 11) is 0. The molecule has 0 unspecified atom stereocenters. The minimum absolute atomic E-state index is 0.0649. The fraction of sp³-hybridized carbons (Fsp3) is 0.300. The van der Waals surface area contributed by atoms with Crippen molar-refractivity contribution < 1.29 is 14.1 Å². The van der Waals surface area contributed by atoms with Crippen LogP contribution >= 0.6 is 15.9 Å². The van der Waals surface area contributed by atoms with Gasteiger partial charge in [-0.3, -0.25) is 19.8 Å². The summed E-state index contributed by atoms with van der Waals surface area (Å²) in [5, 5.41) is 11.0. The normalized spacial score (nSPS) is 13.2. The number of benzene rings is 1. The summed E-state index contributed by atoms with van der Waals surface area (Å²) in [6, 6.07) is 11.2. The number of fused-ring (bicyclic) bond motifs is 1. The van der Waals surface area contributed by atoms with Gasteiger partial charge >= 0.3 is 0 Å². The summed E-state index contributed by atoms with van der Waals surface area (Å²) in [4.78, 5) is 26.6. The standard InChI is InChI=1S/C20H20BrN5O3/c1-13-10-19-25(8-3-9-26(19)23-13)20(28)7-6-17(27)22-18-12-16(24-29-18)14-4-2-5-15(21)11-14/h2,4-5,10-12H,3,6-9H2,1H3,(H,22,27). The number of amides is 2. The SMILES string of the molecule is Cc1cc2n(n1)CCCN2C(=O)CCC(=O)Nc1cc(-c2cccc(Br)c2)no1. The van der Waals surface area contributed by atoms with E-state index in [0.29, 0.717) is 12.2 Å². The molecule has 0 fully saturated rings. The van der Waals surface area contributed by atoms with E-state index in [2.05, 4.69) is 31.5 Å². The predicted octanol–water partition coefficient (Wildman–Crippen LogP) is 3.76. The van der Waals surface area contributed by atoms with Gasteiger partial charge in [0.25, 0.3) is 0 Å². The van der Waals surface area contributed by atoms with Crippen molar-refractivity contribution in [1.82, 2.24) is 14.9 Å². The highest BCUT2D eigenvalue weighted by Gasteiger charge is 2.24. The predicted molar refractivity (Wildman–Crippen MR) is 111 cm³/mol. The molecule has 0 aliphatic carbocycles. The summed E-state index contributed by atoms with van der Waals surface area (Å²) in [5.41, 5.74) is 2.37. The van der Waals surface area contributed by atoms with Gasteiger partial charge in [0, 0.05) is 48.1 Å². The Hall–Kier alpha value is -2.94. The van der Waals surface area contributed by atoms with Crippen LogP contribution in [0.5, 0.6) is 0 Å². The molecule has 1 aliphatic heterocycles. The first-order chi connectivity index (χ1) is 14.0. The number of halogens is 1. The second-order valence-corrected chi connectivity index (χ2v) is 7.82. The number of nitrogens with zero attached hydrogens (tertiary/aromatic N) is 4. The summed E-state index contributed by atoms with van der Waals surface area (Å²) in [6.07, 6.45) is 1.03. The third kappa shape index (κ3) is 4.40. The molecule has 29 heavy (non-hydrogen) atoms. The van der Waals surface area contributed by atoms with E-state index in [1.54, 1.807) is 11.0 Å². The maximum Gasteiger partial charge on any atom is 0.231 e. The van der Waals surface area contributed by atoms with E-state index in [9.17, 15) is 9.59 Å². The fourth-order valence-corrected chi connectivity index (χ4v) is 3.73. The molecule has 0 bridgehead atoms. The van der Waals surface area contributed by atoms with Gasteiger partial charge in [0.1, 0.15) is 11.5 Å². The van der Waals surface area contributed by atoms with Gasteiger partial charge in [-0.05, 0) is 25.5 Å². The summed E-state index contributed by atoms with van der Waals surface area (Å²) in [5.74, 6) is 0.669. The van der Waals surface area contributed by atoms with Crippen LogP contribution in [-0.2, 0) is 16.1 Å². The number of carbonyl (C=O) groups is 2. The Kier molecular flexibility index (Phi) is 5.48. The lowest BCUT2D eigenvalue weighted by Crippen LogP contribution is -2.37. The van der Waals surface area contributed by atoms with Crippen LogP contribution in [0.2, 0.25) is 0 Å². The number of carbonyl (C=O) groups excluding carboxylic acids is 2. The first-order valence-corrected chi connectivity index (χ1v) is 10.2. The number of hydrogen-bond acceptors (Lipinski definition) is 5. The lowest BCUT2D eigenvalue weighted by molar-refractivity contribution is -0.122. The maximum atomic E-state index is 12.6. The van der Waals surface area contributed by atoms with Crippen LogP contribution in [0.1, 0.15) is 25.0 Å². The molecule has 1 N–H and O–H groups in total. The lowest BCUT2D eigenvalue weighted by Gasteiger charge is -2.27. The number of aromatic nitrogens is 3. The topological polar surface area (TPSA) is 93.3 Å². The van der Waals surface area contributed by atoms with E-state index >= 15 is 0 Å². The third-order valence-corrected chi connectivity index (χ3v) is 5.16. The molecular formula is C20H20BrN5O3. The summed E-state index contributed by atoms with van der Waals surface area (Å²) >= 11 is 3.42. The molecule has 8 nitrogen and oxygen atoms in total. The molecule has 4 rings (SSSR count). The maximum absolute atomic E-state index is 12.6. The van der Waals surface area contributed by atoms with E-state index in [1.165, 1.54) is 0 Å². The lowest BCUT2D eigenvalue weighted by atomic mass is 10.1. The van der Waals surface area contributed by atoms with Crippen LogP contribution in [0.15, 0.2) is 45.4 Å².